The smallest absolute Gasteiger partial charge is 0.313 e. The number of thioether (sulfide) groups is 1. The number of hydrogen-bond acceptors (Lipinski definition) is 5. The lowest BCUT2D eigenvalue weighted by atomic mass is 9.98. The second kappa shape index (κ2) is 6.13. The van der Waals surface area contributed by atoms with Crippen molar-refractivity contribution in [1.82, 2.24) is 14.8 Å². The number of hydrogen-bond donors (Lipinski definition) is 1. The molecule has 1 saturated heterocycles. The van der Waals surface area contributed by atoms with Crippen LogP contribution < -0.4 is 0 Å². The summed E-state index contributed by atoms with van der Waals surface area (Å²) < 4.78 is 7.47. The van der Waals surface area contributed by atoms with E-state index in [0.29, 0.717) is 11.1 Å². The van der Waals surface area contributed by atoms with Crippen LogP contribution in [0.4, 0.5) is 0 Å². The van der Waals surface area contributed by atoms with Crippen LogP contribution in [0, 0.1) is 0 Å². The fraction of sp³-hybridized carbons (Fsp3) is 0.769. The quantitative estimate of drug-likeness (QED) is 0.858. The zero-order chi connectivity index (χ0) is 14.8. The molecule has 2 rings (SSSR count). The first kappa shape index (κ1) is 15.3. The van der Waals surface area contributed by atoms with Gasteiger partial charge < -0.3 is 14.4 Å². The number of aliphatic carboxylic acids is 1. The molecule has 0 amide bonds. The van der Waals surface area contributed by atoms with E-state index in [1.54, 1.807) is 0 Å². The average Bonchev–Trinajstić information content (AvgIpc) is 2.81. The molecule has 7 heteroatoms. The molecule has 0 bridgehead atoms. The van der Waals surface area contributed by atoms with Crippen LogP contribution in [0.2, 0.25) is 0 Å². The lowest BCUT2D eigenvalue weighted by Gasteiger charge is -2.29. The van der Waals surface area contributed by atoms with Gasteiger partial charge in [-0.3, -0.25) is 4.79 Å². The number of aromatic nitrogens is 3. The Labute approximate surface area is 122 Å². The van der Waals surface area contributed by atoms with E-state index in [4.69, 9.17) is 9.84 Å². The molecule has 0 unspecified atom stereocenters. The van der Waals surface area contributed by atoms with E-state index in [1.807, 2.05) is 0 Å². The summed E-state index contributed by atoms with van der Waals surface area (Å²) in [5.41, 5.74) is -0.169. The Morgan fingerprint density at radius 1 is 1.40 bits per heavy atom. The highest BCUT2D eigenvalue weighted by molar-refractivity contribution is 7.99. The monoisotopic (exact) mass is 299 g/mol. The summed E-state index contributed by atoms with van der Waals surface area (Å²) in [6.45, 7) is 7.76. The number of nitrogens with zero attached hydrogens (tertiary/aromatic N) is 3. The molecule has 0 aromatic carbocycles. The molecule has 1 fully saturated rings. The average molecular weight is 299 g/mol. The Morgan fingerprint density at radius 3 is 2.60 bits per heavy atom. The molecule has 0 spiro atoms. The molecule has 1 aliphatic heterocycles. The first-order chi connectivity index (χ1) is 9.39. The van der Waals surface area contributed by atoms with Gasteiger partial charge in [-0.15, -0.1) is 10.2 Å². The SMILES string of the molecule is CC(C)(C)n1c(SCC(=O)O)nnc1C1CCOCC1. The van der Waals surface area contributed by atoms with Crippen LogP contribution >= 0.6 is 11.8 Å². The van der Waals surface area contributed by atoms with Gasteiger partial charge in [0.1, 0.15) is 5.82 Å². The van der Waals surface area contributed by atoms with Crippen molar-refractivity contribution < 1.29 is 14.6 Å². The van der Waals surface area contributed by atoms with Gasteiger partial charge in [0.2, 0.25) is 0 Å². The van der Waals surface area contributed by atoms with Crippen molar-refractivity contribution in [1.29, 1.82) is 0 Å². The van der Waals surface area contributed by atoms with Crippen LogP contribution in [-0.2, 0) is 15.1 Å². The molecular weight excluding hydrogens is 278 g/mol. The number of rotatable bonds is 4. The van der Waals surface area contributed by atoms with Gasteiger partial charge in [0.05, 0.1) is 5.75 Å². The van der Waals surface area contributed by atoms with E-state index in [0.717, 1.165) is 31.9 Å². The summed E-state index contributed by atoms with van der Waals surface area (Å²) in [5.74, 6) is 0.455. The maximum atomic E-state index is 10.7. The van der Waals surface area contributed by atoms with Gasteiger partial charge in [-0.1, -0.05) is 11.8 Å². The van der Waals surface area contributed by atoms with E-state index in [2.05, 4.69) is 35.5 Å². The molecule has 2 heterocycles. The fourth-order valence-electron chi connectivity index (χ4n) is 2.35. The van der Waals surface area contributed by atoms with Crippen molar-refractivity contribution in [3.05, 3.63) is 5.82 Å². The molecule has 112 valence electrons. The predicted molar refractivity (Wildman–Crippen MR) is 76.2 cm³/mol. The molecule has 0 saturated carbocycles. The number of carboxylic acid groups (broad SMARTS) is 1. The summed E-state index contributed by atoms with van der Waals surface area (Å²) in [6, 6.07) is 0. The van der Waals surface area contributed by atoms with E-state index in [1.165, 1.54) is 11.8 Å². The van der Waals surface area contributed by atoms with Crippen molar-refractivity contribution in [2.45, 2.75) is 50.2 Å². The number of carboxylic acids is 1. The minimum Gasteiger partial charge on any atom is -0.481 e. The number of ether oxygens (including phenoxy) is 1. The zero-order valence-electron chi connectivity index (χ0n) is 12.1. The van der Waals surface area contributed by atoms with E-state index in [9.17, 15) is 4.79 Å². The second-order valence-corrected chi connectivity index (χ2v) is 6.86. The molecule has 6 nitrogen and oxygen atoms in total. The maximum absolute atomic E-state index is 10.7. The van der Waals surface area contributed by atoms with E-state index < -0.39 is 5.97 Å². The highest BCUT2D eigenvalue weighted by Gasteiger charge is 2.29. The summed E-state index contributed by atoms with van der Waals surface area (Å²) in [6.07, 6.45) is 1.88. The van der Waals surface area contributed by atoms with Crippen molar-refractivity contribution in [2.24, 2.45) is 0 Å². The molecular formula is C13H21N3O3S. The van der Waals surface area contributed by atoms with Gasteiger partial charge in [-0.25, -0.2) is 0 Å². The third-order valence-corrected chi connectivity index (χ3v) is 4.15. The van der Waals surface area contributed by atoms with Gasteiger partial charge >= 0.3 is 5.97 Å². The highest BCUT2D eigenvalue weighted by atomic mass is 32.2. The lowest BCUT2D eigenvalue weighted by molar-refractivity contribution is -0.133. The molecule has 0 aliphatic carbocycles. The van der Waals surface area contributed by atoms with Gasteiger partial charge in [0.15, 0.2) is 5.16 Å². The molecule has 0 radical (unpaired) electrons. The molecule has 1 aliphatic rings. The Bertz CT molecular complexity index is 476. The third kappa shape index (κ3) is 3.52. The number of carbonyl (C=O) groups is 1. The minimum atomic E-state index is -0.842. The first-order valence-corrected chi connectivity index (χ1v) is 7.76. The zero-order valence-corrected chi connectivity index (χ0v) is 12.9. The Balaban J connectivity index is 2.29. The summed E-state index contributed by atoms with van der Waals surface area (Å²) in [4.78, 5) is 10.7. The van der Waals surface area contributed by atoms with Crippen LogP contribution in [0.25, 0.3) is 0 Å². The highest BCUT2D eigenvalue weighted by Crippen LogP contribution is 2.32. The summed E-state index contributed by atoms with van der Waals surface area (Å²) in [5, 5.41) is 18.0. The second-order valence-electron chi connectivity index (χ2n) is 5.92. The molecule has 1 aromatic rings. The van der Waals surface area contributed by atoms with E-state index in [-0.39, 0.29) is 11.3 Å². The van der Waals surface area contributed by atoms with Gasteiger partial charge in [0, 0.05) is 24.7 Å². The van der Waals surface area contributed by atoms with Crippen molar-refractivity contribution in [3.63, 3.8) is 0 Å². The minimum absolute atomic E-state index is 0.00198. The molecule has 1 N–H and O–H groups in total. The van der Waals surface area contributed by atoms with Crippen LogP contribution in [0.15, 0.2) is 5.16 Å². The maximum Gasteiger partial charge on any atom is 0.313 e. The standard InChI is InChI=1S/C13H21N3O3S/c1-13(2,3)16-11(9-4-6-19-7-5-9)14-15-12(16)20-8-10(17)18/h9H,4-8H2,1-3H3,(H,17,18). The Morgan fingerprint density at radius 2 is 2.05 bits per heavy atom. The normalized spacial score (nSPS) is 17.4. The topological polar surface area (TPSA) is 77.2 Å². The Hall–Kier alpha value is -1.08. The largest absolute Gasteiger partial charge is 0.481 e. The fourth-order valence-corrected chi connectivity index (χ4v) is 3.20. The summed E-state index contributed by atoms with van der Waals surface area (Å²) in [7, 11) is 0. The van der Waals surface area contributed by atoms with Crippen molar-refractivity contribution in [3.8, 4) is 0 Å². The molecule has 20 heavy (non-hydrogen) atoms. The van der Waals surface area contributed by atoms with Gasteiger partial charge in [0.25, 0.3) is 0 Å². The van der Waals surface area contributed by atoms with Crippen LogP contribution in [0.1, 0.15) is 45.4 Å². The van der Waals surface area contributed by atoms with Crippen molar-refractivity contribution in [2.75, 3.05) is 19.0 Å². The van der Waals surface area contributed by atoms with Crippen LogP contribution in [0.3, 0.4) is 0 Å². The van der Waals surface area contributed by atoms with E-state index >= 15 is 0 Å². The van der Waals surface area contributed by atoms with Crippen LogP contribution in [-0.4, -0.2) is 44.8 Å². The Kier molecular flexibility index (Phi) is 4.70. The summed E-state index contributed by atoms with van der Waals surface area (Å²) >= 11 is 1.23. The lowest BCUT2D eigenvalue weighted by Crippen LogP contribution is -2.28. The van der Waals surface area contributed by atoms with Crippen LogP contribution in [0.5, 0.6) is 0 Å². The predicted octanol–water partition coefficient (Wildman–Crippen LogP) is 2.10. The first-order valence-electron chi connectivity index (χ1n) is 6.77. The van der Waals surface area contributed by atoms with Gasteiger partial charge in [-0.05, 0) is 33.6 Å². The van der Waals surface area contributed by atoms with Gasteiger partial charge in [-0.2, -0.15) is 0 Å². The molecule has 0 atom stereocenters. The molecule has 1 aromatic heterocycles. The third-order valence-electron chi connectivity index (χ3n) is 3.24. The van der Waals surface area contributed by atoms with Crippen molar-refractivity contribution >= 4 is 17.7 Å².